The molecule has 0 saturated carbocycles. The number of nitrogens with one attached hydrogen (secondary N) is 2. The lowest BCUT2D eigenvalue weighted by Crippen LogP contribution is -2.20. The van der Waals surface area contributed by atoms with Crippen molar-refractivity contribution in [3.05, 3.63) is 53.6 Å². The maximum Gasteiger partial charge on any atom is 0.260 e. The topological polar surface area (TPSA) is 91.9 Å². The Morgan fingerprint density at radius 2 is 1.86 bits per heavy atom. The molecule has 0 fully saturated rings. The highest BCUT2D eigenvalue weighted by atomic mass is 35.5. The smallest absolute Gasteiger partial charge is 0.260 e. The SMILES string of the molecule is CN(C)CCOc1nnc(Nc2n[nH]c3ccccc23)nc1-c1ccccc1Cl. The molecule has 148 valence electrons. The van der Waals surface area contributed by atoms with Crippen molar-refractivity contribution in [1.29, 1.82) is 0 Å². The molecule has 0 unspecified atom stereocenters. The van der Waals surface area contributed by atoms with Gasteiger partial charge in [-0.3, -0.25) is 5.10 Å². The van der Waals surface area contributed by atoms with Gasteiger partial charge in [0.1, 0.15) is 12.3 Å². The molecular weight excluding hydrogens is 390 g/mol. The first kappa shape index (κ1) is 19.1. The third-order valence-corrected chi connectivity index (χ3v) is 4.59. The first-order valence-electron chi connectivity index (χ1n) is 9.09. The van der Waals surface area contributed by atoms with Gasteiger partial charge in [0.05, 0.1) is 10.5 Å². The number of aromatic nitrogens is 5. The number of hydrogen-bond acceptors (Lipinski definition) is 7. The van der Waals surface area contributed by atoms with Gasteiger partial charge in [0.2, 0.25) is 5.95 Å². The molecule has 0 amide bonds. The van der Waals surface area contributed by atoms with E-state index >= 15 is 0 Å². The van der Waals surface area contributed by atoms with Gasteiger partial charge in [-0.05, 0) is 32.3 Å². The summed E-state index contributed by atoms with van der Waals surface area (Å²) >= 11 is 6.40. The van der Waals surface area contributed by atoms with Crippen LogP contribution in [0.2, 0.25) is 5.02 Å². The van der Waals surface area contributed by atoms with E-state index in [9.17, 15) is 0 Å². The van der Waals surface area contributed by atoms with Crippen molar-refractivity contribution in [2.45, 2.75) is 0 Å². The molecule has 0 aliphatic rings. The summed E-state index contributed by atoms with van der Waals surface area (Å²) in [4.78, 5) is 6.64. The van der Waals surface area contributed by atoms with Crippen LogP contribution in [0, 0.1) is 0 Å². The largest absolute Gasteiger partial charge is 0.474 e. The van der Waals surface area contributed by atoms with Crippen molar-refractivity contribution >= 4 is 34.3 Å². The second-order valence-corrected chi connectivity index (χ2v) is 7.07. The number of fused-ring (bicyclic) bond motifs is 1. The first-order valence-corrected chi connectivity index (χ1v) is 9.47. The van der Waals surface area contributed by atoms with Crippen LogP contribution >= 0.6 is 11.6 Å². The normalized spacial score (nSPS) is 11.2. The van der Waals surface area contributed by atoms with Gasteiger partial charge < -0.3 is 15.0 Å². The Labute approximate surface area is 172 Å². The number of nitrogens with zero attached hydrogens (tertiary/aromatic N) is 5. The number of halogens is 1. The molecule has 0 atom stereocenters. The Morgan fingerprint density at radius 1 is 1.07 bits per heavy atom. The van der Waals surface area contributed by atoms with E-state index in [0.29, 0.717) is 35.0 Å². The van der Waals surface area contributed by atoms with Gasteiger partial charge in [-0.25, -0.2) is 4.98 Å². The van der Waals surface area contributed by atoms with Crippen LogP contribution in [-0.2, 0) is 0 Å². The molecule has 9 heteroatoms. The Hall–Kier alpha value is -3.23. The Morgan fingerprint density at radius 3 is 2.69 bits per heavy atom. The highest BCUT2D eigenvalue weighted by Gasteiger charge is 2.17. The van der Waals surface area contributed by atoms with Crippen LogP contribution in [-0.4, -0.2) is 57.5 Å². The number of para-hydroxylation sites is 1. The van der Waals surface area contributed by atoms with Crippen molar-refractivity contribution in [1.82, 2.24) is 30.3 Å². The maximum absolute atomic E-state index is 6.40. The summed E-state index contributed by atoms with van der Waals surface area (Å²) in [5.74, 6) is 1.25. The van der Waals surface area contributed by atoms with Crippen LogP contribution in [0.5, 0.6) is 5.88 Å². The first-order chi connectivity index (χ1) is 14.1. The minimum atomic E-state index is 0.303. The molecule has 2 N–H and O–H groups in total. The highest BCUT2D eigenvalue weighted by Crippen LogP contribution is 2.32. The number of benzene rings is 2. The fourth-order valence-corrected chi connectivity index (χ4v) is 3.01. The molecule has 0 aliphatic heterocycles. The predicted octanol–water partition coefficient (Wildman–Crippen LogP) is 3.75. The molecule has 0 saturated heterocycles. The lowest BCUT2D eigenvalue weighted by Gasteiger charge is -2.13. The van der Waals surface area contributed by atoms with Crippen molar-refractivity contribution in [3.8, 4) is 17.1 Å². The summed E-state index contributed by atoms with van der Waals surface area (Å²) in [6, 6.07) is 15.2. The highest BCUT2D eigenvalue weighted by molar-refractivity contribution is 6.33. The molecule has 0 aliphatic carbocycles. The monoisotopic (exact) mass is 409 g/mol. The molecule has 8 nitrogen and oxygen atoms in total. The zero-order chi connectivity index (χ0) is 20.2. The molecule has 4 aromatic rings. The van der Waals surface area contributed by atoms with Gasteiger partial charge >= 0.3 is 0 Å². The molecule has 2 heterocycles. The Kier molecular flexibility index (Phi) is 5.55. The van der Waals surface area contributed by atoms with Gasteiger partial charge in [0, 0.05) is 17.5 Å². The lowest BCUT2D eigenvalue weighted by molar-refractivity contribution is 0.252. The zero-order valence-electron chi connectivity index (χ0n) is 16.1. The van der Waals surface area contributed by atoms with Gasteiger partial charge in [-0.15, -0.1) is 10.2 Å². The van der Waals surface area contributed by atoms with Crippen LogP contribution in [0.15, 0.2) is 48.5 Å². The van der Waals surface area contributed by atoms with Crippen LogP contribution in [0.4, 0.5) is 11.8 Å². The summed E-state index contributed by atoms with van der Waals surface area (Å²) < 4.78 is 5.83. The Bertz CT molecular complexity index is 1130. The molecule has 2 aromatic carbocycles. The van der Waals surface area contributed by atoms with Gasteiger partial charge in [0.25, 0.3) is 5.88 Å². The van der Waals surface area contributed by atoms with E-state index in [1.807, 2.05) is 61.5 Å². The van der Waals surface area contributed by atoms with Gasteiger partial charge in [0.15, 0.2) is 5.82 Å². The minimum Gasteiger partial charge on any atom is -0.474 e. The molecule has 29 heavy (non-hydrogen) atoms. The molecule has 4 rings (SSSR count). The maximum atomic E-state index is 6.40. The third kappa shape index (κ3) is 4.28. The zero-order valence-corrected chi connectivity index (χ0v) is 16.8. The second kappa shape index (κ2) is 8.42. The summed E-state index contributed by atoms with van der Waals surface area (Å²) in [7, 11) is 3.95. The Balaban J connectivity index is 1.69. The van der Waals surface area contributed by atoms with E-state index in [1.165, 1.54) is 0 Å². The van der Waals surface area contributed by atoms with Crippen LogP contribution < -0.4 is 10.1 Å². The van der Waals surface area contributed by atoms with Crippen LogP contribution in [0.3, 0.4) is 0 Å². The number of aromatic amines is 1. The van der Waals surface area contributed by atoms with Crippen molar-refractivity contribution in [2.75, 3.05) is 32.6 Å². The summed E-state index contributed by atoms with van der Waals surface area (Å²) in [5.41, 5.74) is 2.16. The molecule has 2 aromatic heterocycles. The van der Waals surface area contributed by atoms with Crippen LogP contribution in [0.1, 0.15) is 0 Å². The van der Waals surface area contributed by atoms with E-state index in [4.69, 9.17) is 16.3 Å². The number of ether oxygens (including phenoxy) is 1. The second-order valence-electron chi connectivity index (χ2n) is 6.66. The average molecular weight is 410 g/mol. The average Bonchev–Trinajstić information content (AvgIpc) is 3.12. The lowest BCUT2D eigenvalue weighted by atomic mass is 10.1. The van der Waals surface area contributed by atoms with Crippen molar-refractivity contribution < 1.29 is 4.74 Å². The van der Waals surface area contributed by atoms with Crippen molar-refractivity contribution in [3.63, 3.8) is 0 Å². The number of H-pyrrole nitrogens is 1. The fourth-order valence-electron chi connectivity index (χ4n) is 2.78. The van der Waals surface area contributed by atoms with Gasteiger partial charge in [-0.2, -0.15) is 5.10 Å². The molecule has 0 bridgehead atoms. The summed E-state index contributed by atoms with van der Waals surface area (Å²) in [6.07, 6.45) is 0. The number of anilines is 2. The van der Waals surface area contributed by atoms with E-state index in [2.05, 4.69) is 30.7 Å². The number of hydrogen-bond donors (Lipinski definition) is 2. The molecule has 0 radical (unpaired) electrons. The van der Waals surface area contributed by atoms with E-state index < -0.39 is 0 Å². The third-order valence-electron chi connectivity index (χ3n) is 4.26. The predicted molar refractivity (Wildman–Crippen MR) is 114 cm³/mol. The minimum absolute atomic E-state index is 0.303. The van der Waals surface area contributed by atoms with Crippen molar-refractivity contribution in [2.24, 2.45) is 0 Å². The van der Waals surface area contributed by atoms with E-state index in [1.54, 1.807) is 6.07 Å². The molecule has 0 spiro atoms. The number of rotatable bonds is 7. The quantitative estimate of drug-likeness (QED) is 0.480. The van der Waals surface area contributed by atoms with E-state index in [0.717, 1.165) is 23.0 Å². The standard InChI is InChI=1S/C20H20ClN7O/c1-28(2)11-12-29-19-17(13-7-3-5-9-15(13)21)22-20(27-26-19)23-18-14-8-4-6-10-16(14)24-25-18/h3-10H,11-12H2,1-2H3,(H2,22,23,24,25,27). The fraction of sp³-hybridized carbons (Fsp3) is 0.200. The number of likely N-dealkylation sites (N-methyl/N-ethyl adjacent to an activating group) is 1. The summed E-state index contributed by atoms with van der Waals surface area (Å²) in [5, 5.41) is 20.3. The van der Waals surface area contributed by atoms with Crippen LogP contribution in [0.25, 0.3) is 22.2 Å². The summed E-state index contributed by atoms with van der Waals surface area (Å²) in [6.45, 7) is 1.19. The molecular formula is C20H20ClN7O. The van der Waals surface area contributed by atoms with Gasteiger partial charge in [-0.1, -0.05) is 41.9 Å². The van der Waals surface area contributed by atoms with E-state index in [-0.39, 0.29) is 0 Å².